The number of hydrogen-bond acceptors (Lipinski definition) is 2. The molecule has 1 N–H and O–H groups in total. The summed E-state index contributed by atoms with van der Waals surface area (Å²) in [6.07, 6.45) is -4.11. The molecule has 0 saturated heterocycles. The summed E-state index contributed by atoms with van der Waals surface area (Å²) in [5.41, 5.74) is 0.511. The molecule has 3 rings (SSSR count). The SMILES string of the molecule is CC(C)CC(NC(=O)c1cccc(COc2ccccc2)c1)c1ccccc1C(F)(F)F. The number of alkyl halides is 3. The third-order valence-electron chi connectivity index (χ3n) is 4.99. The molecule has 168 valence electrons. The number of hydrogen-bond donors (Lipinski definition) is 1. The Balaban J connectivity index is 1.79. The fourth-order valence-corrected chi connectivity index (χ4v) is 3.52. The highest BCUT2D eigenvalue weighted by molar-refractivity contribution is 5.94. The summed E-state index contributed by atoms with van der Waals surface area (Å²) in [5.74, 6) is 0.379. The minimum absolute atomic E-state index is 0.0746. The molecule has 3 nitrogen and oxygen atoms in total. The Hall–Kier alpha value is -3.28. The van der Waals surface area contributed by atoms with Crippen molar-refractivity contribution in [1.82, 2.24) is 5.32 Å². The molecule has 0 fully saturated rings. The molecule has 6 heteroatoms. The van der Waals surface area contributed by atoms with Crippen LogP contribution < -0.4 is 10.1 Å². The molecule has 1 amide bonds. The van der Waals surface area contributed by atoms with Gasteiger partial charge in [-0.25, -0.2) is 0 Å². The van der Waals surface area contributed by atoms with Crippen molar-refractivity contribution in [2.45, 2.75) is 39.1 Å². The van der Waals surface area contributed by atoms with E-state index in [1.54, 1.807) is 24.3 Å². The third-order valence-corrected chi connectivity index (χ3v) is 4.99. The zero-order chi connectivity index (χ0) is 23.1. The number of carbonyl (C=O) groups excluding carboxylic acids is 1. The molecular formula is C26H26F3NO2. The van der Waals surface area contributed by atoms with Crippen LogP contribution in [0.2, 0.25) is 0 Å². The molecular weight excluding hydrogens is 415 g/mol. The van der Waals surface area contributed by atoms with Gasteiger partial charge in [-0.15, -0.1) is 0 Å². The number of ether oxygens (including phenoxy) is 1. The fourth-order valence-electron chi connectivity index (χ4n) is 3.52. The van der Waals surface area contributed by atoms with Gasteiger partial charge >= 0.3 is 6.18 Å². The highest BCUT2D eigenvalue weighted by Crippen LogP contribution is 2.36. The van der Waals surface area contributed by atoms with Crippen molar-refractivity contribution in [1.29, 1.82) is 0 Å². The quantitative estimate of drug-likeness (QED) is 0.417. The van der Waals surface area contributed by atoms with E-state index >= 15 is 0 Å². The van der Waals surface area contributed by atoms with Crippen molar-refractivity contribution in [2.75, 3.05) is 0 Å². The second kappa shape index (κ2) is 10.4. The first-order chi connectivity index (χ1) is 15.2. The topological polar surface area (TPSA) is 38.3 Å². The second-order valence-corrected chi connectivity index (χ2v) is 8.04. The van der Waals surface area contributed by atoms with Crippen LogP contribution in [0.1, 0.15) is 53.4 Å². The zero-order valence-corrected chi connectivity index (χ0v) is 18.0. The van der Waals surface area contributed by atoms with Crippen LogP contribution in [-0.2, 0) is 12.8 Å². The van der Waals surface area contributed by atoms with E-state index in [4.69, 9.17) is 4.74 Å². The van der Waals surface area contributed by atoms with Gasteiger partial charge in [-0.05, 0) is 53.8 Å². The third kappa shape index (κ3) is 6.36. The van der Waals surface area contributed by atoms with Gasteiger partial charge in [-0.1, -0.05) is 62.4 Å². The number of halogens is 3. The molecule has 0 radical (unpaired) electrons. The molecule has 0 aliphatic rings. The minimum atomic E-state index is -4.49. The van der Waals surface area contributed by atoms with Crippen LogP contribution in [0.3, 0.4) is 0 Å². The van der Waals surface area contributed by atoms with Crippen molar-refractivity contribution in [2.24, 2.45) is 5.92 Å². The summed E-state index contributed by atoms with van der Waals surface area (Å²) >= 11 is 0. The number of nitrogens with one attached hydrogen (secondary N) is 1. The number of para-hydroxylation sites is 1. The second-order valence-electron chi connectivity index (χ2n) is 8.04. The Morgan fingerprint density at radius 2 is 1.62 bits per heavy atom. The van der Waals surface area contributed by atoms with Crippen LogP contribution in [0, 0.1) is 5.92 Å². The number of benzene rings is 3. The molecule has 0 aliphatic carbocycles. The maximum atomic E-state index is 13.6. The Labute approximate surface area is 186 Å². The lowest BCUT2D eigenvalue weighted by atomic mass is 9.92. The molecule has 0 bridgehead atoms. The average Bonchev–Trinajstić information content (AvgIpc) is 2.77. The van der Waals surface area contributed by atoms with Crippen molar-refractivity contribution in [3.63, 3.8) is 0 Å². The maximum Gasteiger partial charge on any atom is 0.416 e. The largest absolute Gasteiger partial charge is 0.489 e. The minimum Gasteiger partial charge on any atom is -0.489 e. The lowest BCUT2D eigenvalue weighted by Gasteiger charge is -2.24. The summed E-state index contributed by atoms with van der Waals surface area (Å²) in [5, 5.41) is 2.81. The van der Waals surface area contributed by atoms with E-state index < -0.39 is 23.7 Å². The molecule has 1 atom stereocenters. The van der Waals surface area contributed by atoms with Crippen LogP contribution in [0.15, 0.2) is 78.9 Å². The molecule has 0 saturated carbocycles. The predicted molar refractivity (Wildman–Crippen MR) is 118 cm³/mol. The molecule has 0 heterocycles. The zero-order valence-electron chi connectivity index (χ0n) is 18.0. The molecule has 0 spiro atoms. The van der Waals surface area contributed by atoms with Crippen LogP contribution in [0.4, 0.5) is 13.2 Å². The predicted octanol–water partition coefficient (Wildman–Crippen LogP) is 6.80. The number of amides is 1. The van der Waals surface area contributed by atoms with E-state index in [2.05, 4.69) is 5.32 Å². The van der Waals surface area contributed by atoms with Crippen LogP contribution >= 0.6 is 0 Å². The van der Waals surface area contributed by atoms with E-state index in [1.807, 2.05) is 50.2 Å². The molecule has 3 aromatic rings. The number of carbonyl (C=O) groups is 1. The standard InChI is InChI=1S/C26H26F3NO2/c1-18(2)15-24(22-13-6-7-14-23(22)26(27,28)29)30-25(31)20-10-8-9-19(16-20)17-32-21-11-4-3-5-12-21/h3-14,16,18,24H,15,17H2,1-2H3,(H,30,31). The van der Waals surface area contributed by atoms with Crippen molar-refractivity contribution in [3.8, 4) is 5.75 Å². The smallest absolute Gasteiger partial charge is 0.416 e. The van der Waals surface area contributed by atoms with Crippen molar-refractivity contribution >= 4 is 5.91 Å². The molecule has 0 aromatic heterocycles. The van der Waals surface area contributed by atoms with Gasteiger partial charge in [0.05, 0.1) is 11.6 Å². The van der Waals surface area contributed by atoms with Crippen molar-refractivity contribution < 1.29 is 22.7 Å². The first-order valence-corrected chi connectivity index (χ1v) is 10.5. The highest BCUT2D eigenvalue weighted by atomic mass is 19.4. The van der Waals surface area contributed by atoms with Gasteiger partial charge in [0.2, 0.25) is 0 Å². The maximum absolute atomic E-state index is 13.6. The Morgan fingerprint density at radius 3 is 2.31 bits per heavy atom. The van der Waals surface area contributed by atoms with Gasteiger partial charge < -0.3 is 10.1 Å². The lowest BCUT2D eigenvalue weighted by molar-refractivity contribution is -0.138. The van der Waals surface area contributed by atoms with Crippen LogP contribution in [-0.4, -0.2) is 5.91 Å². The highest BCUT2D eigenvalue weighted by Gasteiger charge is 2.35. The van der Waals surface area contributed by atoms with E-state index in [-0.39, 0.29) is 18.1 Å². The molecule has 3 aromatic carbocycles. The van der Waals surface area contributed by atoms with Crippen LogP contribution in [0.25, 0.3) is 0 Å². The normalized spacial score (nSPS) is 12.4. The lowest BCUT2D eigenvalue weighted by Crippen LogP contribution is -2.31. The summed E-state index contributed by atoms with van der Waals surface area (Å²) in [7, 11) is 0. The Morgan fingerprint density at radius 1 is 0.938 bits per heavy atom. The number of rotatable bonds is 8. The summed E-state index contributed by atoms with van der Waals surface area (Å²) in [6, 6.07) is 20.9. The van der Waals surface area contributed by atoms with E-state index in [0.29, 0.717) is 17.7 Å². The van der Waals surface area contributed by atoms with Crippen LogP contribution in [0.5, 0.6) is 5.75 Å². The van der Waals surface area contributed by atoms with Crippen molar-refractivity contribution in [3.05, 3.63) is 101 Å². The van der Waals surface area contributed by atoms with Gasteiger partial charge in [0.25, 0.3) is 5.91 Å². The summed E-state index contributed by atoms with van der Waals surface area (Å²) in [4.78, 5) is 13.0. The van der Waals surface area contributed by atoms with E-state index in [1.165, 1.54) is 12.1 Å². The van der Waals surface area contributed by atoms with Gasteiger partial charge in [0.15, 0.2) is 0 Å². The first-order valence-electron chi connectivity index (χ1n) is 10.5. The van der Waals surface area contributed by atoms with Gasteiger partial charge in [-0.3, -0.25) is 4.79 Å². The first kappa shape index (κ1) is 23.4. The molecule has 32 heavy (non-hydrogen) atoms. The Bertz CT molecular complexity index is 1030. The van der Waals surface area contributed by atoms with Gasteiger partial charge in [0.1, 0.15) is 12.4 Å². The average molecular weight is 441 g/mol. The Kier molecular flexibility index (Phi) is 7.57. The molecule has 1 unspecified atom stereocenters. The van der Waals surface area contributed by atoms with Gasteiger partial charge in [0, 0.05) is 5.56 Å². The summed E-state index contributed by atoms with van der Waals surface area (Å²) in [6.45, 7) is 4.10. The summed E-state index contributed by atoms with van der Waals surface area (Å²) < 4.78 is 46.4. The molecule has 0 aliphatic heterocycles. The van der Waals surface area contributed by atoms with E-state index in [0.717, 1.165) is 11.6 Å². The van der Waals surface area contributed by atoms with E-state index in [9.17, 15) is 18.0 Å². The van der Waals surface area contributed by atoms with Gasteiger partial charge in [-0.2, -0.15) is 13.2 Å². The fraction of sp³-hybridized carbons (Fsp3) is 0.269. The monoisotopic (exact) mass is 441 g/mol.